The number of rotatable bonds is 6. The van der Waals surface area contributed by atoms with Crippen LogP contribution in [0.15, 0.2) is 66.9 Å². The van der Waals surface area contributed by atoms with Gasteiger partial charge in [-0.3, -0.25) is 4.79 Å². The molecular weight excluding hydrogens is 472 g/mol. The van der Waals surface area contributed by atoms with Crippen molar-refractivity contribution >= 4 is 24.3 Å². The van der Waals surface area contributed by atoms with Crippen LogP contribution in [0.25, 0.3) is 0 Å². The maximum Gasteiger partial charge on any atom is 0.498 e. The van der Waals surface area contributed by atoms with E-state index in [4.69, 9.17) is 14.0 Å². The smallest absolute Gasteiger partial charge is 0.489 e. The van der Waals surface area contributed by atoms with E-state index >= 15 is 0 Å². The first-order valence-electron chi connectivity index (χ1n) is 11.4. The van der Waals surface area contributed by atoms with Crippen molar-refractivity contribution in [2.75, 3.05) is 5.32 Å². The molecule has 1 aliphatic rings. The number of benzene rings is 2. The molecule has 6 nitrogen and oxygen atoms in total. The van der Waals surface area contributed by atoms with Crippen LogP contribution in [0.2, 0.25) is 0 Å². The second-order valence-corrected chi connectivity index (χ2v) is 9.50. The highest BCUT2D eigenvalue weighted by molar-refractivity contribution is 6.63. The highest BCUT2D eigenvalue weighted by atomic mass is 19.4. The fourth-order valence-corrected chi connectivity index (χ4v) is 3.56. The molecule has 0 atom stereocenters. The number of ether oxygens (including phenoxy) is 1. The average molecular weight is 498 g/mol. The summed E-state index contributed by atoms with van der Waals surface area (Å²) >= 11 is 0. The highest BCUT2D eigenvalue weighted by Crippen LogP contribution is 2.37. The summed E-state index contributed by atoms with van der Waals surface area (Å²) < 4.78 is 57.5. The van der Waals surface area contributed by atoms with Crippen molar-refractivity contribution in [3.8, 4) is 5.75 Å². The molecule has 3 aromatic rings. The van der Waals surface area contributed by atoms with E-state index in [1.807, 2.05) is 58.0 Å². The van der Waals surface area contributed by atoms with Gasteiger partial charge < -0.3 is 19.4 Å². The molecule has 0 bridgehead atoms. The van der Waals surface area contributed by atoms with Crippen molar-refractivity contribution in [2.45, 2.75) is 51.7 Å². The predicted molar refractivity (Wildman–Crippen MR) is 130 cm³/mol. The molecule has 1 N–H and O–H groups in total. The minimum absolute atomic E-state index is 0.178. The zero-order valence-electron chi connectivity index (χ0n) is 20.3. The van der Waals surface area contributed by atoms with E-state index < -0.39 is 36.0 Å². The molecule has 0 radical (unpaired) electrons. The quantitative estimate of drug-likeness (QED) is 0.472. The van der Waals surface area contributed by atoms with Gasteiger partial charge in [0.05, 0.1) is 16.8 Å². The lowest BCUT2D eigenvalue weighted by Gasteiger charge is -2.32. The predicted octanol–water partition coefficient (Wildman–Crippen LogP) is 5.23. The molecule has 1 aromatic heterocycles. The summed E-state index contributed by atoms with van der Waals surface area (Å²) in [5.74, 6) is -0.481. The van der Waals surface area contributed by atoms with Gasteiger partial charge in [0.2, 0.25) is 0 Å². The van der Waals surface area contributed by atoms with E-state index in [-0.39, 0.29) is 18.0 Å². The molecular formula is C26H26BF3N2O4. The molecule has 188 valence electrons. The molecule has 0 spiro atoms. The number of anilines is 1. The normalized spacial score (nSPS) is 16.6. The summed E-state index contributed by atoms with van der Waals surface area (Å²) in [5.41, 5.74) is -0.383. The van der Waals surface area contributed by atoms with Crippen LogP contribution >= 0.6 is 0 Å². The monoisotopic (exact) mass is 498 g/mol. The summed E-state index contributed by atoms with van der Waals surface area (Å²) in [6.45, 7) is 7.96. The van der Waals surface area contributed by atoms with Crippen LogP contribution in [0.1, 0.15) is 49.2 Å². The standard InChI is InChI=1S/C26H26BF3N2O4/c1-24(2)25(3,4)36-27(35-24)20-11-10-18(14-21(20)34-16-17-8-6-5-7-9-17)23(33)32-22-15-19(12-13-31-22)26(28,29)30/h5-15H,16H2,1-4H3,(H,31,32,33). The van der Waals surface area contributed by atoms with Gasteiger partial charge in [0.15, 0.2) is 0 Å². The number of nitrogens with zero attached hydrogens (tertiary/aromatic N) is 1. The summed E-state index contributed by atoms with van der Waals surface area (Å²) in [4.78, 5) is 16.7. The number of nitrogens with one attached hydrogen (secondary N) is 1. The zero-order chi connectivity index (χ0) is 26.1. The largest absolute Gasteiger partial charge is 0.498 e. The summed E-state index contributed by atoms with van der Waals surface area (Å²) in [7, 11) is -0.733. The number of hydrogen-bond acceptors (Lipinski definition) is 5. The third-order valence-corrected chi connectivity index (χ3v) is 6.35. The number of aromatic nitrogens is 1. The van der Waals surface area contributed by atoms with Crippen molar-refractivity contribution < 1.29 is 32.0 Å². The van der Waals surface area contributed by atoms with E-state index in [0.29, 0.717) is 11.2 Å². The maximum atomic E-state index is 13.0. The third kappa shape index (κ3) is 5.55. The van der Waals surface area contributed by atoms with Crippen LogP contribution in [0, 0.1) is 0 Å². The van der Waals surface area contributed by atoms with Crippen LogP contribution < -0.4 is 15.5 Å². The van der Waals surface area contributed by atoms with Crippen molar-refractivity contribution in [3.05, 3.63) is 83.6 Å². The molecule has 36 heavy (non-hydrogen) atoms. The number of amides is 1. The molecule has 4 rings (SSSR count). The molecule has 0 aliphatic carbocycles. The Hall–Kier alpha value is -3.37. The number of hydrogen-bond donors (Lipinski definition) is 1. The van der Waals surface area contributed by atoms with Crippen molar-refractivity contribution in [1.82, 2.24) is 4.98 Å². The topological polar surface area (TPSA) is 69.7 Å². The lowest BCUT2D eigenvalue weighted by molar-refractivity contribution is -0.137. The Bertz CT molecular complexity index is 1230. The van der Waals surface area contributed by atoms with E-state index in [1.54, 1.807) is 12.1 Å². The van der Waals surface area contributed by atoms with Crippen LogP contribution in [-0.2, 0) is 22.1 Å². The molecule has 1 amide bonds. The van der Waals surface area contributed by atoms with Gasteiger partial charge in [-0.05, 0) is 57.5 Å². The number of pyridine rings is 1. The molecule has 0 saturated carbocycles. The first-order chi connectivity index (χ1) is 16.9. The number of alkyl halides is 3. The fraction of sp³-hybridized carbons (Fsp3) is 0.308. The lowest BCUT2D eigenvalue weighted by Crippen LogP contribution is -2.41. The van der Waals surface area contributed by atoms with E-state index in [2.05, 4.69) is 10.3 Å². The molecule has 1 saturated heterocycles. The maximum absolute atomic E-state index is 13.0. The lowest BCUT2D eigenvalue weighted by atomic mass is 9.78. The summed E-state index contributed by atoms with van der Waals surface area (Å²) in [6, 6.07) is 15.8. The number of halogens is 3. The highest BCUT2D eigenvalue weighted by Gasteiger charge is 2.52. The average Bonchev–Trinajstić information content (AvgIpc) is 3.04. The molecule has 2 heterocycles. The van der Waals surface area contributed by atoms with Crippen LogP contribution in [0.4, 0.5) is 19.0 Å². The van der Waals surface area contributed by atoms with Crippen LogP contribution in [0.3, 0.4) is 0 Å². The van der Waals surface area contributed by atoms with Gasteiger partial charge in [0.25, 0.3) is 5.91 Å². The molecule has 1 aliphatic heterocycles. The van der Waals surface area contributed by atoms with E-state index in [1.165, 1.54) is 6.07 Å². The third-order valence-electron chi connectivity index (χ3n) is 6.35. The SMILES string of the molecule is CC1(C)OB(c2ccc(C(=O)Nc3cc(C(F)(F)F)ccn3)cc2OCc2ccccc2)OC1(C)C. The minimum Gasteiger partial charge on any atom is -0.489 e. The molecule has 2 aromatic carbocycles. The minimum atomic E-state index is -4.55. The first kappa shape index (κ1) is 25.7. The Morgan fingerprint density at radius 2 is 1.67 bits per heavy atom. The van der Waals surface area contributed by atoms with Gasteiger partial charge in [-0.2, -0.15) is 13.2 Å². The summed E-state index contributed by atoms with van der Waals surface area (Å²) in [5, 5.41) is 2.42. The van der Waals surface area contributed by atoms with Gasteiger partial charge in [0, 0.05) is 17.2 Å². The van der Waals surface area contributed by atoms with E-state index in [0.717, 1.165) is 23.9 Å². The van der Waals surface area contributed by atoms with Gasteiger partial charge >= 0.3 is 13.3 Å². The second kappa shape index (κ2) is 9.59. The summed E-state index contributed by atoms with van der Waals surface area (Å²) in [6.07, 6.45) is -3.56. The van der Waals surface area contributed by atoms with Gasteiger partial charge in [0.1, 0.15) is 18.2 Å². The van der Waals surface area contributed by atoms with Crippen molar-refractivity contribution in [1.29, 1.82) is 0 Å². The van der Waals surface area contributed by atoms with E-state index in [9.17, 15) is 18.0 Å². The Morgan fingerprint density at radius 1 is 1.00 bits per heavy atom. The van der Waals surface area contributed by atoms with Crippen LogP contribution in [-0.4, -0.2) is 29.2 Å². The molecule has 10 heteroatoms. The Balaban J connectivity index is 1.62. The second-order valence-electron chi connectivity index (χ2n) is 9.50. The van der Waals surface area contributed by atoms with Gasteiger partial charge in [-0.25, -0.2) is 4.98 Å². The molecule has 1 fully saturated rings. The Morgan fingerprint density at radius 3 is 2.31 bits per heavy atom. The van der Waals surface area contributed by atoms with Crippen LogP contribution in [0.5, 0.6) is 5.75 Å². The fourth-order valence-electron chi connectivity index (χ4n) is 3.56. The molecule has 0 unspecified atom stereocenters. The first-order valence-corrected chi connectivity index (χ1v) is 11.4. The Labute approximate surface area is 207 Å². The van der Waals surface area contributed by atoms with Crippen molar-refractivity contribution in [3.63, 3.8) is 0 Å². The zero-order valence-corrected chi connectivity index (χ0v) is 20.3. The number of carbonyl (C=O) groups is 1. The number of carbonyl (C=O) groups excluding carboxylic acids is 1. The van der Waals surface area contributed by atoms with Crippen molar-refractivity contribution in [2.24, 2.45) is 0 Å². The van der Waals surface area contributed by atoms with Gasteiger partial charge in [-0.1, -0.05) is 36.4 Å². The van der Waals surface area contributed by atoms with Gasteiger partial charge in [-0.15, -0.1) is 0 Å². The Kier molecular flexibility index (Phi) is 6.85.